The molecule has 0 saturated carbocycles. The van der Waals surface area contributed by atoms with Gasteiger partial charge in [0.05, 0.1) is 5.92 Å². The summed E-state index contributed by atoms with van der Waals surface area (Å²) in [5, 5.41) is 10.1. The molecular formula is C18H24ClNO3. The lowest BCUT2D eigenvalue weighted by Gasteiger charge is -2.21. The lowest BCUT2D eigenvalue weighted by Crippen LogP contribution is -2.31. The highest BCUT2D eigenvalue weighted by atomic mass is 35.5. The van der Waals surface area contributed by atoms with E-state index in [0.717, 1.165) is 5.56 Å². The Bertz CT molecular complexity index is 570. The Morgan fingerprint density at radius 3 is 2.35 bits per heavy atom. The van der Waals surface area contributed by atoms with E-state index in [1.54, 1.807) is 17.0 Å². The third kappa shape index (κ3) is 4.25. The van der Waals surface area contributed by atoms with Crippen molar-refractivity contribution >= 4 is 23.5 Å². The molecule has 23 heavy (non-hydrogen) atoms. The van der Waals surface area contributed by atoms with Crippen molar-refractivity contribution in [1.82, 2.24) is 4.90 Å². The van der Waals surface area contributed by atoms with E-state index in [1.165, 1.54) is 0 Å². The van der Waals surface area contributed by atoms with E-state index in [-0.39, 0.29) is 18.4 Å². The van der Waals surface area contributed by atoms with Crippen LogP contribution in [0.3, 0.4) is 0 Å². The normalized spacial score (nSPS) is 22.4. The first kappa shape index (κ1) is 17.8. The Hall–Kier alpha value is -1.55. The van der Waals surface area contributed by atoms with Crippen molar-refractivity contribution < 1.29 is 14.7 Å². The van der Waals surface area contributed by atoms with Crippen molar-refractivity contribution in [3.05, 3.63) is 34.9 Å². The molecule has 2 rings (SSSR count). The number of amides is 1. The molecule has 1 amide bonds. The SMILES string of the molecule is CC(C)C(C)CC(=O)N1C[C@@H](C(=O)O)[C@H](c2ccc(Cl)cc2)C1. The molecule has 0 radical (unpaired) electrons. The minimum atomic E-state index is -0.850. The average molecular weight is 338 g/mol. The largest absolute Gasteiger partial charge is 0.481 e. The number of hydrogen-bond acceptors (Lipinski definition) is 2. The van der Waals surface area contributed by atoms with E-state index in [9.17, 15) is 14.7 Å². The van der Waals surface area contributed by atoms with Crippen molar-refractivity contribution in [1.29, 1.82) is 0 Å². The molecule has 3 atom stereocenters. The first-order chi connectivity index (χ1) is 10.8. The summed E-state index contributed by atoms with van der Waals surface area (Å²) in [6.07, 6.45) is 0.470. The Balaban J connectivity index is 2.13. The molecule has 1 unspecified atom stereocenters. The molecule has 1 fully saturated rings. The maximum absolute atomic E-state index is 12.5. The smallest absolute Gasteiger partial charge is 0.308 e. The second kappa shape index (κ2) is 7.35. The second-order valence-electron chi connectivity index (χ2n) is 6.83. The van der Waals surface area contributed by atoms with E-state index in [0.29, 0.717) is 29.8 Å². The third-order valence-corrected chi connectivity index (χ3v) is 5.17. The van der Waals surface area contributed by atoms with Crippen LogP contribution >= 0.6 is 11.6 Å². The first-order valence-electron chi connectivity index (χ1n) is 8.05. The topological polar surface area (TPSA) is 57.6 Å². The number of carboxylic acid groups (broad SMARTS) is 1. The molecule has 5 heteroatoms. The Morgan fingerprint density at radius 2 is 1.83 bits per heavy atom. The predicted octanol–water partition coefficient (Wildman–Crippen LogP) is 3.65. The van der Waals surface area contributed by atoms with Gasteiger partial charge in [-0.2, -0.15) is 0 Å². The van der Waals surface area contributed by atoms with E-state index >= 15 is 0 Å². The van der Waals surface area contributed by atoms with Crippen LogP contribution in [-0.2, 0) is 9.59 Å². The number of aliphatic carboxylic acids is 1. The molecule has 4 nitrogen and oxygen atoms in total. The highest BCUT2D eigenvalue weighted by Gasteiger charge is 2.40. The Morgan fingerprint density at radius 1 is 1.22 bits per heavy atom. The van der Waals surface area contributed by atoms with Crippen LogP contribution in [0.1, 0.15) is 38.7 Å². The summed E-state index contributed by atoms with van der Waals surface area (Å²) in [5.41, 5.74) is 0.925. The van der Waals surface area contributed by atoms with Gasteiger partial charge in [0.1, 0.15) is 0 Å². The van der Waals surface area contributed by atoms with Gasteiger partial charge in [-0.15, -0.1) is 0 Å². The summed E-state index contributed by atoms with van der Waals surface area (Å²) < 4.78 is 0. The number of hydrogen-bond donors (Lipinski definition) is 1. The zero-order valence-corrected chi connectivity index (χ0v) is 14.6. The molecule has 1 saturated heterocycles. The summed E-state index contributed by atoms with van der Waals surface area (Å²) in [6, 6.07) is 7.24. The van der Waals surface area contributed by atoms with Gasteiger partial charge in [-0.1, -0.05) is 44.5 Å². The molecule has 1 aliphatic heterocycles. The fourth-order valence-electron chi connectivity index (χ4n) is 2.95. The minimum absolute atomic E-state index is 0.0499. The van der Waals surface area contributed by atoms with Crippen molar-refractivity contribution in [2.24, 2.45) is 17.8 Å². The first-order valence-corrected chi connectivity index (χ1v) is 8.43. The van der Waals surface area contributed by atoms with E-state index < -0.39 is 11.9 Å². The molecule has 0 aromatic heterocycles. The molecule has 0 spiro atoms. The lowest BCUT2D eigenvalue weighted by atomic mass is 9.89. The van der Waals surface area contributed by atoms with Gasteiger partial charge >= 0.3 is 5.97 Å². The molecule has 1 aromatic rings. The molecule has 1 N–H and O–H groups in total. The van der Waals surface area contributed by atoms with Gasteiger partial charge in [0, 0.05) is 30.5 Å². The van der Waals surface area contributed by atoms with Crippen molar-refractivity contribution in [2.45, 2.75) is 33.1 Å². The molecule has 126 valence electrons. The van der Waals surface area contributed by atoms with Gasteiger partial charge in [-0.3, -0.25) is 9.59 Å². The van der Waals surface area contributed by atoms with E-state index in [1.807, 2.05) is 12.1 Å². The number of rotatable bonds is 5. The van der Waals surface area contributed by atoms with Gasteiger partial charge < -0.3 is 10.0 Å². The highest BCUT2D eigenvalue weighted by Crippen LogP contribution is 2.34. The number of carbonyl (C=O) groups is 2. The summed E-state index contributed by atoms with van der Waals surface area (Å²) in [5.74, 6) is -0.812. The van der Waals surface area contributed by atoms with Crippen LogP contribution in [0.25, 0.3) is 0 Å². The molecule has 0 bridgehead atoms. The number of halogens is 1. The summed E-state index contributed by atoms with van der Waals surface area (Å²) in [6.45, 7) is 7.00. The monoisotopic (exact) mass is 337 g/mol. The van der Waals surface area contributed by atoms with Crippen LogP contribution in [-0.4, -0.2) is 35.0 Å². The third-order valence-electron chi connectivity index (χ3n) is 4.92. The zero-order chi connectivity index (χ0) is 17.1. The highest BCUT2D eigenvalue weighted by molar-refractivity contribution is 6.30. The number of nitrogens with zero attached hydrogens (tertiary/aromatic N) is 1. The quantitative estimate of drug-likeness (QED) is 0.892. The van der Waals surface area contributed by atoms with Crippen LogP contribution in [0.4, 0.5) is 0 Å². The zero-order valence-electron chi connectivity index (χ0n) is 13.8. The van der Waals surface area contributed by atoms with Gasteiger partial charge in [0.25, 0.3) is 0 Å². The van der Waals surface area contributed by atoms with Crippen LogP contribution < -0.4 is 0 Å². The molecular weight excluding hydrogens is 314 g/mol. The van der Waals surface area contributed by atoms with Gasteiger partial charge in [0.2, 0.25) is 5.91 Å². The van der Waals surface area contributed by atoms with Crippen LogP contribution in [0.2, 0.25) is 5.02 Å². The van der Waals surface area contributed by atoms with Gasteiger partial charge in [-0.05, 0) is 29.5 Å². The molecule has 1 aliphatic rings. The Kier molecular flexibility index (Phi) is 5.69. The maximum Gasteiger partial charge on any atom is 0.308 e. The minimum Gasteiger partial charge on any atom is -0.481 e. The average Bonchev–Trinajstić information content (AvgIpc) is 2.93. The number of likely N-dealkylation sites (tertiary alicyclic amines) is 1. The fraction of sp³-hybridized carbons (Fsp3) is 0.556. The predicted molar refractivity (Wildman–Crippen MR) is 90.5 cm³/mol. The second-order valence-corrected chi connectivity index (χ2v) is 7.26. The van der Waals surface area contributed by atoms with Crippen LogP contribution in [0.5, 0.6) is 0 Å². The Labute approximate surface area is 142 Å². The van der Waals surface area contributed by atoms with Gasteiger partial charge in [0.15, 0.2) is 0 Å². The summed E-state index contributed by atoms with van der Waals surface area (Å²) in [7, 11) is 0. The lowest BCUT2D eigenvalue weighted by molar-refractivity contribution is -0.141. The number of benzene rings is 1. The maximum atomic E-state index is 12.5. The summed E-state index contributed by atoms with van der Waals surface area (Å²) in [4.78, 5) is 25.8. The van der Waals surface area contributed by atoms with Crippen LogP contribution in [0.15, 0.2) is 24.3 Å². The van der Waals surface area contributed by atoms with E-state index in [2.05, 4.69) is 20.8 Å². The molecule has 0 aliphatic carbocycles. The summed E-state index contributed by atoms with van der Waals surface area (Å²) >= 11 is 5.90. The van der Waals surface area contributed by atoms with Crippen molar-refractivity contribution in [3.63, 3.8) is 0 Å². The van der Waals surface area contributed by atoms with Crippen LogP contribution in [0, 0.1) is 17.8 Å². The molecule has 1 heterocycles. The fourth-order valence-corrected chi connectivity index (χ4v) is 3.07. The van der Waals surface area contributed by atoms with Crippen molar-refractivity contribution in [3.8, 4) is 0 Å². The van der Waals surface area contributed by atoms with Crippen molar-refractivity contribution in [2.75, 3.05) is 13.1 Å². The molecule has 1 aromatic carbocycles. The number of carboxylic acids is 1. The van der Waals surface area contributed by atoms with Gasteiger partial charge in [-0.25, -0.2) is 0 Å². The number of carbonyl (C=O) groups excluding carboxylic acids is 1. The standard InChI is InChI=1S/C18H24ClNO3/c1-11(2)12(3)8-17(21)20-9-15(16(10-20)18(22)23)13-4-6-14(19)7-5-13/h4-7,11-12,15-16H,8-10H2,1-3H3,(H,22,23)/t12?,15-,16+/m0/s1. The van der Waals surface area contributed by atoms with E-state index in [4.69, 9.17) is 11.6 Å².